The maximum Gasteiger partial charge on any atom is 0.248 e. The summed E-state index contributed by atoms with van der Waals surface area (Å²) in [7, 11) is 1.59. The van der Waals surface area contributed by atoms with E-state index in [1.54, 1.807) is 23.3 Å². The molecule has 0 bridgehead atoms. The van der Waals surface area contributed by atoms with E-state index >= 15 is 0 Å². The van der Waals surface area contributed by atoms with Gasteiger partial charge in [-0.1, -0.05) is 30.3 Å². The van der Waals surface area contributed by atoms with Gasteiger partial charge in [0.05, 0.1) is 18.8 Å². The van der Waals surface area contributed by atoms with Gasteiger partial charge >= 0.3 is 0 Å². The van der Waals surface area contributed by atoms with Crippen LogP contribution in [0.2, 0.25) is 0 Å². The molecule has 2 aromatic rings. The Morgan fingerprint density at radius 2 is 1.96 bits per heavy atom. The van der Waals surface area contributed by atoms with E-state index in [0.29, 0.717) is 26.2 Å². The summed E-state index contributed by atoms with van der Waals surface area (Å²) in [5.74, 6) is -0.271. The summed E-state index contributed by atoms with van der Waals surface area (Å²) < 4.78 is 0. The van der Waals surface area contributed by atoms with Crippen LogP contribution in [0.1, 0.15) is 5.01 Å². The first kappa shape index (κ1) is 18.1. The van der Waals surface area contributed by atoms with Gasteiger partial charge < -0.3 is 14.9 Å². The molecule has 2 aliphatic heterocycles. The Bertz CT molecular complexity index is 840. The zero-order valence-corrected chi connectivity index (χ0v) is 15.9. The zero-order valence-electron chi connectivity index (χ0n) is 15.1. The minimum Gasteiger partial charge on any atom is -0.394 e. The molecule has 0 unspecified atom stereocenters. The number of nitrogens with zero attached hydrogens (tertiary/aromatic N) is 4. The number of fused-ring (bicyclic) bond motifs is 1. The van der Waals surface area contributed by atoms with Gasteiger partial charge in [0.15, 0.2) is 0 Å². The molecule has 0 spiro atoms. The number of carbonyl (C=O) groups is 2. The Kier molecular flexibility index (Phi) is 4.94. The first-order chi connectivity index (χ1) is 13.1. The number of amides is 2. The van der Waals surface area contributed by atoms with Gasteiger partial charge in [-0.15, -0.1) is 11.3 Å². The van der Waals surface area contributed by atoms with E-state index in [0.717, 1.165) is 16.3 Å². The van der Waals surface area contributed by atoms with Crippen molar-refractivity contribution in [1.82, 2.24) is 19.7 Å². The molecule has 1 aromatic carbocycles. The lowest BCUT2D eigenvalue weighted by Crippen LogP contribution is -2.69. The van der Waals surface area contributed by atoms with Crippen molar-refractivity contribution >= 4 is 23.2 Å². The number of aliphatic hydroxyl groups is 1. The van der Waals surface area contributed by atoms with Crippen LogP contribution in [0.15, 0.2) is 35.7 Å². The van der Waals surface area contributed by atoms with Crippen LogP contribution in [0, 0.1) is 0 Å². The third kappa shape index (κ3) is 3.36. The number of carbonyl (C=O) groups excluding carboxylic acids is 2. The van der Waals surface area contributed by atoms with Crippen LogP contribution in [0.25, 0.3) is 11.3 Å². The Hall–Kier alpha value is -2.29. The summed E-state index contributed by atoms with van der Waals surface area (Å²) in [6.45, 7) is 2.01. The second kappa shape index (κ2) is 7.38. The average molecular weight is 386 g/mol. The fourth-order valence-electron chi connectivity index (χ4n) is 3.72. The molecule has 0 saturated carbocycles. The second-order valence-corrected chi connectivity index (χ2v) is 7.87. The highest BCUT2D eigenvalue weighted by atomic mass is 32.1. The molecule has 7 nitrogen and oxygen atoms in total. The minimum absolute atomic E-state index is 0.109. The van der Waals surface area contributed by atoms with E-state index in [9.17, 15) is 14.7 Å². The molecule has 2 aliphatic rings. The number of rotatable bonds is 4. The maximum absolute atomic E-state index is 12.6. The number of aromatic nitrogens is 1. The van der Waals surface area contributed by atoms with Gasteiger partial charge in [0.1, 0.15) is 17.1 Å². The first-order valence-electron chi connectivity index (χ1n) is 8.98. The van der Waals surface area contributed by atoms with Gasteiger partial charge in [0.25, 0.3) is 0 Å². The van der Waals surface area contributed by atoms with Crippen molar-refractivity contribution in [3.05, 3.63) is 40.7 Å². The van der Waals surface area contributed by atoms with Crippen LogP contribution in [-0.2, 0) is 16.1 Å². The lowest BCUT2D eigenvalue weighted by molar-refractivity contribution is -0.165. The molecule has 8 heteroatoms. The molecule has 2 atom stereocenters. The SMILES string of the molecule is CN1C(=O)[C@H]2CN(Cc3nc(-c4ccccc4)cs3)CCN2C(=O)[C@@H]1CO. The molecule has 2 amide bonds. The van der Waals surface area contributed by atoms with Crippen molar-refractivity contribution in [2.75, 3.05) is 33.3 Å². The zero-order chi connectivity index (χ0) is 19.0. The standard InChI is InChI=1S/C19H22N4O3S/c1-21-16(11-24)19(26)23-8-7-22(9-15(23)18(21)25)10-17-20-14(12-27-17)13-5-3-2-4-6-13/h2-6,12,15-16,24H,7-11H2,1H3/t15-,16+/m1/s1. The topological polar surface area (TPSA) is 77.0 Å². The van der Waals surface area contributed by atoms with Crippen molar-refractivity contribution in [3.63, 3.8) is 0 Å². The van der Waals surface area contributed by atoms with E-state index in [4.69, 9.17) is 4.98 Å². The molecule has 3 heterocycles. The van der Waals surface area contributed by atoms with E-state index < -0.39 is 12.1 Å². The van der Waals surface area contributed by atoms with Crippen molar-refractivity contribution in [3.8, 4) is 11.3 Å². The van der Waals surface area contributed by atoms with Gasteiger partial charge in [-0.25, -0.2) is 4.98 Å². The maximum atomic E-state index is 12.6. The number of hydrogen-bond acceptors (Lipinski definition) is 6. The lowest BCUT2D eigenvalue weighted by atomic mass is 10.0. The first-order valence-corrected chi connectivity index (χ1v) is 9.86. The molecule has 1 N–H and O–H groups in total. The number of hydrogen-bond donors (Lipinski definition) is 1. The summed E-state index contributed by atoms with van der Waals surface area (Å²) in [6.07, 6.45) is 0. The summed E-state index contributed by atoms with van der Waals surface area (Å²) >= 11 is 1.61. The number of aliphatic hydroxyl groups excluding tert-OH is 1. The third-order valence-electron chi connectivity index (χ3n) is 5.29. The highest BCUT2D eigenvalue weighted by Gasteiger charge is 2.46. The van der Waals surface area contributed by atoms with Crippen molar-refractivity contribution in [2.45, 2.75) is 18.6 Å². The highest BCUT2D eigenvalue weighted by Crippen LogP contribution is 2.25. The quantitative estimate of drug-likeness (QED) is 0.835. The number of benzene rings is 1. The highest BCUT2D eigenvalue weighted by molar-refractivity contribution is 7.09. The molecule has 0 radical (unpaired) electrons. The largest absolute Gasteiger partial charge is 0.394 e. The summed E-state index contributed by atoms with van der Waals surface area (Å²) in [5, 5.41) is 12.5. The van der Waals surface area contributed by atoms with Crippen LogP contribution in [0.4, 0.5) is 0 Å². The van der Waals surface area contributed by atoms with Crippen LogP contribution in [-0.4, -0.2) is 82.0 Å². The second-order valence-electron chi connectivity index (χ2n) is 6.92. The van der Waals surface area contributed by atoms with E-state index in [2.05, 4.69) is 10.3 Å². The molecular formula is C19H22N4O3S. The van der Waals surface area contributed by atoms with Crippen molar-refractivity contribution < 1.29 is 14.7 Å². The fourth-order valence-corrected chi connectivity index (χ4v) is 4.57. The van der Waals surface area contributed by atoms with E-state index in [1.165, 1.54) is 4.90 Å². The monoisotopic (exact) mass is 386 g/mol. The van der Waals surface area contributed by atoms with Crippen LogP contribution >= 0.6 is 11.3 Å². The minimum atomic E-state index is -0.757. The van der Waals surface area contributed by atoms with Crippen molar-refractivity contribution in [1.29, 1.82) is 0 Å². The van der Waals surface area contributed by atoms with Gasteiger partial charge in [0.2, 0.25) is 11.8 Å². The molecule has 0 aliphatic carbocycles. The molecular weight excluding hydrogens is 364 g/mol. The molecule has 4 rings (SSSR count). The van der Waals surface area contributed by atoms with Gasteiger partial charge in [0, 0.05) is 37.6 Å². The molecule has 2 fully saturated rings. The number of likely N-dealkylation sites (N-methyl/N-ethyl adjacent to an activating group) is 1. The number of thiazole rings is 1. The van der Waals surface area contributed by atoms with Crippen LogP contribution < -0.4 is 0 Å². The smallest absolute Gasteiger partial charge is 0.248 e. The Labute approximate surface area is 161 Å². The van der Waals surface area contributed by atoms with Gasteiger partial charge in [-0.05, 0) is 0 Å². The Morgan fingerprint density at radius 3 is 2.70 bits per heavy atom. The Morgan fingerprint density at radius 1 is 1.19 bits per heavy atom. The summed E-state index contributed by atoms with van der Waals surface area (Å²) in [4.78, 5) is 35.1. The molecule has 142 valence electrons. The molecule has 27 heavy (non-hydrogen) atoms. The number of piperazine rings is 2. The molecule has 2 saturated heterocycles. The Balaban J connectivity index is 1.45. The third-order valence-corrected chi connectivity index (χ3v) is 6.12. The van der Waals surface area contributed by atoms with Crippen molar-refractivity contribution in [2.24, 2.45) is 0 Å². The van der Waals surface area contributed by atoms with E-state index in [-0.39, 0.29) is 18.4 Å². The van der Waals surface area contributed by atoms with Gasteiger partial charge in [-0.3, -0.25) is 14.5 Å². The average Bonchev–Trinajstić information content (AvgIpc) is 3.16. The predicted octanol–water partition coefficient (Wildman–Crippen LogP) is 0.656. The van der Waals surface area contributed by atoms with E-state index in [1.807, 2.05) is 30.3 Å². The summed E-state index contributed by atoms with van der Waals surface area (Å²) in [5.41, 5.74) is 2.05. The molecule has 1 aromatic heterocycles. The lowest BCUT2D eigenvalue weighted by Gasteiger charge is -2.47. The van der Waals surface area contributed by atoms with Crippen LogP contribution in [0.3, 0.4) is 0 Å². The normalized spacial score (nSPS) is 23.6. The summed E-state index contributed by atoms with van der Waals surface area (Å²) in [6, 6.07) is 8.82. The predicted molar refractivity (Wildman–Crippen MR) is 102 cm³/mol. The van der Waals surface area contributed by atoms with Gasteiger partial charge in [-0.2, -0.15) is 0 Å². The fraction of sp³-hybridized carbons (Fsp3) is 0.421. The van der Waals surface area contributed by atoms with Crippen LogP contribution in [0.5, 0.6) is 0 Å².